The number of aromatic nitrogens is 1. The van der Waals surface area contributed by atoms with Crippen LogP contribution in [0.15, 0.2) is 47.5 Å². The molecule has 0 aliphatic carbocycles. The lowest BCUT2D eigenvalue weighted by Crippen LogP contribution is -2.22. The van der Waals surface area contributed by atoms with Gasteiger partial charge < -0.3 is 14.0 Å². The second kappa shape index (κ2) is 8.13. The molecule has 1 amide bonds. The van der Waals surface area contributed by atoms with Crippen molar-refractivity contribution in [2.45, 2.75) is 6.54 Å². The van der Waals surface area contributed by atoms with E-state index < -0.39 is 23.7 Å². The molecule has 0 fully saturated rings. The van der Waals surface area contributed by atoms with Crippen molar-refractivity contribution in [1.82, 2.24) is 4.57 Å². The summed E-state index contributed by atoms with van der Waals surface area (Å²) in [6, 6.07) is 10.2. The van der Waals surface area contributed by atoms with Crippen LogP contribution in [-0.2, 0) is 20.8 Å². The maximum absolute atomic E-state index is 14.3. The van der Waals surface area contributed by atoms with Crippen LogP contribution in [-0.4, -0.2) is 36.6 Å². The van der Waals surface area contributed by atoms with Crippen molar-refractivity contribution in [2.75, 3.05) is 14.2 Å². The van der Waals surface area contributed by atoms with Crippen LogP contribution in [0.4, 0.5) is 4.39 Å². The number of fused-ring (bicyclic) bond motifs is 1. The largest absolute Gasteiger partial charge is 0.468 e. The number of esters is 2. The Morgan fingerprint density at radius 1 is 1.04 bits per heavy atom. The molecule has 2 aromatic carbocycles. The first-order valence-corrected chi connectivity index (χ1v) is 8.88. The van der Waals surface area contributed by atoms with Crippen LogP contribution >= 0.6 is 11.3 Å². The first kappa shape index (κ1) is 19.4. The molecule has 0 saturated carbocycles. The summed E-state index contributed by atoms with van der Waals surface area (Å²) in [5, 5.41) is 0. The van der Waals surface area contributed by atoms with E-state index in [0.717, 1.165) is 11.3 Å². The summed E-state index contributed by atoms with van der Waals surface area (Å²) in [7, 11) is 2.48. The van der Waals surface area contributed by atoms with E-state index in [-0.39, 0.29) is 22.4 Å². The van der Waals surface area contributed by atoms with Gasteiger partial charge in [0.25, 0.3) is 5.91 Å². The van der Waals surface area contributed by atoms with Crippen molar-refractivity contribution in [2.24, 2.45) is 4.99 Å². The molecular formula is C19H15FN2O5S. The Labute approximate surface area is 162 Å². The van der Waals surface area contributed by atoms with Crippen LogP contribution in [0.5, 0.6) is 0 Å². The molecule has 7 nitrogen and oxygen atoms in total. The highest BCUT2D eigenvalue weighted by molar-refractivity contribution is 7.16. The number of para-hydroxylation sites is 1. The second-order valence-corrected chi connectivity index (χ2v) is 6.63. The topological polar surface area (TPSA) is 87.0 Å². The van der Waals surface area contributed by atoms with Crippen molar-refractivity contribution >= 4 is 39.4 Å². The van der Waals surface area contributed by atoms with E-state index in [9.17, 15) is 18.8 Å². The molecule has 1 aromatic heterocycles. The fourth-order valence-corrected chi connectivity index (χ4v) is 3.57. The number of amides is 1. The molecule has 0 bridgehead atoms. The summed E-state index contributed by atoms with van der Waals surface area (Å²) in [5.74, 6) is -2.25. The molecule has 0 radical (unpaired) electrons. The summed E-state index contributed by atoms with van der Waals surface area (Å²) < 4.78 is 25.4. The van der Waals surface area contributed by atoms with Gasteiger partial charge in [-0.2, -0.15) is 4.99 Å². The number of methoxy groups -OCH3 is 2. The molecule has 9 heteroatoms. The first-order valence-electron chi connectivity index (χ1n) is 8.06. The predicted molar refractivity (Wildman–Crippen MR) is 99.5 cm³/mol. The van der Waals surface area contributed by atoms with E-state index in [1.165, 1.54) is 55.2 Å². The highest BCUT2D eigenvalue weighted by atomic mass is 32.1. The minimum Gasteiger partial charge on any atom is -0.468 e. The van der Waals surface area contributed by atoms with Gasteiger partial charge in [0, 0.05) is 5.56 Å². The highest BCUT2D eigenvalue weighted by Gasteiger charge is 2.15. The number of halogens is 1. The molecule has 0 saturated heterocycles. The molecule has 1 heterocycles. The Kier molecular flexibility index (Phi) is 5.65. The molecule has 0 aliphatic heterocycles. The van der Waals surface area contributed by atoms with Gasteiger partial charge in [-0.1, -0.05) is 17.4 Å². The summed E-state index contributed by atoms with van der Waals surface area (Å²) in [5.41, 5.74) is 0.699. The summed E-state index contributed by atoms with van der Waals surface area (Å²) in [6.07, 6.45) is 0. The fraction of sp³-hybridized carbons (Fsp3) is 0.158. The van der Waals surface area contributed by atoms with Crippen molar-refractivity contribution in [3.8, 4) is 0 Å². The Hall–Kier alpha value is -3.33. The van der Waals surface area contributed by atoms with E-state index in [0.29, 0.717) is 10.3 Å². The number of benzene rings is 2. The van der Waals surface area contributed by atoms with Gasteiger partial charge in [-0.15, -0.1) is 0 Å². The van der Waals surface area contributed by atoms with Gasteiger partial charge in [-0.25, -0.2) is 9.18 Å². The quantitative estimate of drug-likeness (QED) is 0.626. The predicted octanol–water partition coefficient (Wildman–Crippen LogP) is 2.54. The third-order valence-electron chi connectivity index (χ3n) is 3.92. The second-order valence-electron chi connectivity index (χ2n) is 5.62. The zero-order valence-corrected chi connectivity index (χ0v) is 15.8. The summed E-state index contributed by atoms with van der Waals surface area (Å²) >= 11 is 1.08. The average molecular weight is 402 g/mol. The Bertz CT molecular complexity index is 1130. The number of carbonyl (C=O) groups excluding carboxylic acids is 3. The minimum atomic E-state index is -0.598. The molecular weight excluding hydrogens is 387 g/mol. The van der Waals surface area contributed by atoms with Crippen LogP contribution in [0.1, 0.15) is 20.7 Å². The SMILES string of the molecule is COC(=O)Cn1c(=NC(=O)c2ccc(C(=O)OC)cc2)sc2cccc(F)c21. The number of nitrogens with zero attached hydrogens (tertiary/aromatic N) is 2. The third-order valence-corrected chi connectivity index (χ3v) is 4.96. The van der Waals surface area contributed by atoms with Gasteiger partial charge in [-0.3, -0.25) is 9.59 Å². The zero-order valence-electron chi connectivity index (χ0n) is 15.0. The van der Waals surface area contributed by atoms with Crippen molar-refractivity contribution in [1.29, 1.82) is 0 Å². The molecule has 28 heavy (non-hydrogen) atoms. The number of ether oxygens (including phenoxy) is 2. The van der Waals surface area contributed by atoms with Gasteiger partial charge in [0.1, 0.15) is 12.4 Å². The molecule has 3 rings (SSSR count). The van der Waals surface area contributed by atoms with Gasteiger partial charge in [0.2, 0.25) is 0 Å². The number of carbonyl (C=O) groups is 3. The Balaban J connectivity index is 2.06. The number of hydrogen-bond donors (Lipinski definition) is 0. The molecule has 3 aromatic rings. The summed E-state index contributed by atoms with van der Waals surface area (Å²) in [4.78, 5) is 40.0. The molecule has 0 atom stereocenters. The lowest BCUT2D eigenvalue weighted by Gasteiger charge is -2.04. The van der Waals surface area contributed by atoms with Crippen molar-refractivity contribution in [3.63, 3.8) is 0 Å². The van der Waals surface area contributed by atoms with E-state index in [2.05, 4.69) is 14.5 Å². The standard InChI is InChI=1S/C19H15FN2O5S/c1-26-15(23)10-22-16-13(20)4-3-5-14(16)28-19(22)21-17(24)11-6-8-12(9-7-11)18(25)27-2/h3-9H,10H2,1-2H3. The number of thiazole rings is 1. The van der Waals surface area contributed by atoms with Crippen LogP contribution in [0.3, 0.4) is 0 Å². The lowest BCUT2D eigenvalue weighted by molar-refractivity contribution is -0.141. The molecule has 0 spiro atoms. The van der Waals surface area contributed by atoms with Gasteiger partial charge >= 0.3 is 11.9 Å². The molecule has 0 unspecified atom stereocenters. The van der Waals surface area contributed by atoms with Crippen molar-refractivity contribution < 1.29 is 28.2 Å². The Morgan fingerprint density at radius 3 is 2.36 bits per heavy atom. The van der Waals surface area contributed by atoms with Crippen LogP contribution in [0.2, 0.25) is 0 Å². The molecule has 0 N–H and O–H groups in total. The zero-order chi connectivity index (χ0) is 20.3. The normalized spacial score (nSPS) is 11.5. The first-order chi connectivity index (χ1) is 13.4. The van der Waals surface area contributed by atoms with Crippen LogP contribution < -0.4 is 4.80 Å². The minimum absolute atomic E-state index is 0.160. The third kappa shape index (κ3) is 3.84. The van der Waals surface area contributed by atoms with E-state index in [1.54, 1.807) is 6.07 Å². The highest BCUT2D eigenvalue weighted by Crippen LogP contribution is 2.20. The molecule has 0 aliphatic rings. The smallest absolute Gasteiger partial charge is 0.337 e. The van der Waals surface area contributed by atoms with Crippen molar-refractivity contribution in [3.05, 3.63) is 64.2 Å². The average Bonchev–Trinajstić information content (AvgIpc) is 3.05. The molecule has 144 valence electrons. The van der Waals surface area contributed by atoms with E-state index >= 15 is 0 Å². The van der Waals surface area contributed by atoms with E-state index in [4.69, 9.17) is 0 Å². The number of rotatable bonds is 4. The van der Waals surface area contributed by atoms with Crippen LogP contribution in [0, 0.1) is 5.82 Å². The number of hydrogen-bond acceptors (Lipinski definition) is 6. The monoisotopic (exact) mass is 402 g/mol. The summed E-state index contributed by atoms with van der Waals surface area (Å²) in [6.45, 7) is -0.287. The maximum Gasteiger partial charge on any atom is 0.337 e. The van der Waals surface area contributed by atoms with Gasteiger partial charge in [0.05, 0.1) is 30.0 Å². The van der Waals surface area contributed by atoms with Gasteiger partial charge in [-0.05, 0) is 36.4 Å². The fourth-order valence-electron chi connectivity index (χ4n) is 2.53. The maximum atomic E-state index is 14.3. The lowest BCUT2D eigenvalue weighted by atomic mass is 10.1. The van der Waals surface area contributed by atoms with E-state index in [1.807, 2.05) is 0 Å². The van der Waals surface area contributed by atoms with Gasteiger partial charge in [0.15, 0.2) is 4.80 Å². The Morgan fingerprint density at radius 2 is 1.71 bits per heavy atom. The van der Waals surface area contributed by atoms with Crippen LogP contribution in [0.25, 0.3) is 10.2 Å².